The summed E-state index contributed by atoms with van der Waals surface area (Å²) < 4.78 is 27.3. The summed E-state index contributed by atoms with van der Waals surface area (Å²) in [5.74, 6) is 0. The molecule has 4 nitrogen and oxygen atoms in total. The minimum absolute atomic E-state index is 0.101. The molecule has 4 heterocycles. The van der Waals surface area contributed by atoms with E-state index in [1.54, 1.807) is 0 Å². The number of hydrogen-bond donors (Lipinski definition) is 0. The van der Waals surface area contributed by atoms with Crippen molar-refractivity contribution in [2.45, 2.75) is 35.5 Å². The van der Waals surface area contributed by atoms with Crippen LogP contribution in [-0.4, -0.2) is 0 Å². The smallest absolute Gasteiger partial charge is 0.136 e. The highest BCUT2D eigenvalue weighted by atomic mass is 16.3. The molecule has 35 rings (SSSR count). The van der Waals surface area contributed by atoms with Gasteiger partial charge in [0.25, 0.3) is 0 Å². The van der Waals surface area contributed by atoms with Gasteiger partial charge in [-0.05, 0) is 316 Å². The van der Waals surface area contributed by atoms with Crippen LogP contribution in [0, 0.1) is 0 Å². The van der Waals surface area contributed by atoms with Crippen LogP contribution >= 0.6 is 0 Å². The van der Waals surface area contributed by atoms with Crippen molar-refractivity contribution in [3.63, 3.8) is 0 Å². The first kappa shape index (κ1) is 79.2. The molecule has 0 atom stereocenters. The summed E-state index contributed by atoms with van der Waals surface area (Å²) in [5.41, 5.74) is 52.1. The summed E-state index contributed by atoms with van der Waals surface area (Å²) in [4.78, 5) is 0. The predicted molar refractivity (Wildman–Crippen MR) is 600 cm³/mol. The maximum Gasteiger partial charge on any atom is 0.136 e. The molecular weight excluding hydrogens is 1770 g/mol. The number of fused-ring (bicyclic) bond motifs is 53. The van der Waals surface area contributed by atoms with Gasteiger partial charge in [0, 0.05) is 48.5 Å². The van der Waals surface area contributed by atoms with Gasteiger partial charge >= 0.3 is 0 Å². The third-order valence-corrected chi connectivity index (χ3v) is 35.0. The Hall–Kier alpha value is -18.5. The third-order valence-electron chi connectivity index (χ3n) is 35.0. The lowest BCUT2D eigenvalue weighted by atomic mass is 9.70. The van der Waals surface area contributed by atoms with Crippen molar-refractivity contribution in [1.29, 1.82) is 0 Å². The van der Waals surface area contributed by atoms with Crippen LogP contribution in [0.3, 0.4) is 0 Å². The van der Waals surface area contributed by atoms with E-state index in [2.05, 4.69) is 475 Å². The van der Waals surface area contributed by atoms with Crippen LogP contribution in [0.2, 0.25) is 0 Å². The van der Waals surface area contributed by atoms with Gasteiger partial charge in [-0.1, -0.05) is 402 Å². The van der Waals surface area contributed by atoms with Crippen LogP contribution < -0.4 is 0 Å². The van der Waals surface area contributed by atoms with E-state index >= 15 is 0 Å². The van der Waals surface area contributed by atoms with E-state index in [0.717, 1.165) is 77.3 Å². The second-order valence-corrected chi connectivity index (χ2v) is 41.7. The maximum absolute atomic E-state index is 6.88. The van der Waals surface area contributed by atoms with E-state index in [-0.39, 0.29) is 5.41 Å². The molecule has 7 aliphatic rings. The molecule has 0 bridgehead atoms. The second-order valence-electron chi connectivity index (χ2n) is 41.7. The molecule has 0 unspecified atom stereocenters. The lowest BCUT2D eigenvalue weighted by molar-refractivity contribution is 0.656. The minimum Gasteiger partial charge on any atom is -0.456 e. The molecule has 0 fully saturated rings. The Morgan fingerprint density at radius 2 is 0.301 bits per heavy atom. The Kier molecular flexibility index (Phi) is 15.3. The summed E-state index contributed by atoms with van der Waals surface area (Å²) in [6.07, 6.45) is 0. The van der Waals surface area contributed by atoms with Crippen molar-refractivity contribution in [3.8, 4) is 122 Å². The number of benzene rings is 24. The van der Waals surface area contributed by atoms with Gasteiger partial charge in [0.15, 0.2) is 0 Å². The van der Waals surface area contributed by atoms with Crippen molar-refractivity contribution < 1.29 is 17.7 Å². The highest BCUT2D eigenvalue weighted by molar-refractivity contribution is 6.28. The summed E-state index contributed by atoms with van der Waals surface area (Å²) >= 11 is 0. The fourth-order valence-electron chi connectivity index (χ4n) is 29.5. The van der Waals surface area contributed by atoms with Gasteiger partial charge in [-0.3, -0.25) is 0 Å². The van der Waals surface area contributed by atoms with Crippen LogP contribution in [0.25, 0.3) is 253 Å². The van der Waals surface area contributed by atoms with E-state index < -0.39 is 16.2 Å². The highest BCUT2D eigenvalue weighted by Crippen LogP contribution is 2.70. The zero-order valence-corrected chi connectivity index (χ0v) is 79.5. The SMILES string of the molecule is CC1(C)c2ccccc2-c2c1ccc1oc3ccc(-c4c5ccccc5c(-c5ccc6oc7ccc8c(c7c6c5)-c5ccccc5C85c6ccccc6-c6ccccc65)c5ccccc45)cc3c21.c1ccc2c(c1)-c1ccccc1C21c2ccccc2-c2c1ccc1oc3ccc(-c4c5ccccc5c(-c5ccc6oc7ccc8c(c7c6c5)-c5ccccc5C85c6ccccc6-c6ccccc65)c5ccccc45)cc3c21. The first-order valence-corrected chi connectivity index (χ1v) is 51.1. The summed E-state index contributed by atoms with van der Waals surface area (Å²) in [6, 6.07) is 172. The molecule has 3 spiro atoms. The summed E-state index contributed by atoms with van der Waals surface area (Å²) in [5, 5.41) is 19.0. The first-order valence-electron chi connectivity index (χ1n) is 51.1. The second kappa shape index (κ2) is 28.3. The van der Waals surface area contributed by atoms with E-state index in [9.17, 15) is 0 Å². The fourth-order valence-corrected chi connectivity index (χ4v) is 29.5. The van der Waals surface area contributed by atoms with E-state index in [1.165, 1.54) is 254 Å². The normalized spacial score (nSPS) is 14.5. The van der Waals surface area contributed by atoms with Crippen molar-refractivity contribution in [2.24, 2.45) is 0 Å². The lowest BCUT2D eigenvalue weighted by Crippen LogP contribution is -2.25. The molecule has 0 N–H and O–H groups in total. The highest BCUT2D eigenvalue weighted by Gasteiger charge is 2.56. The Morgan fingerprint density at radius 3 is 0.534 bits per heavy atom. The molecule has 674 valence electrons. The molecule has 7 aliphatic carbocycles. The van der Waals surface area contributed by atoms with Crippen LogP contribution in [-0.2, 0) is 21.7 Å². The quantitative estimate of drug-likeness (QED) is 0.165. The standard InChI is InChI=1S/C76H42O2.C66H40O2/c1-2-22-50-49(21-1)69(43-33-37-65-55(41-43)73-67(77-65)39-35-63-71(73)53-25-9-15-31-61(53)75(63)57-27-11-5-17-45(57)46-18-6-12-28-58(46)75)51-23-3-4-24-52(51)70(50)44-34-38-66-56(42-44)74-68(78-66)40-36-64-72(74)54-26-10-16-32-62(54)76(64)59-29-13-7-19-47(59)48-20-8-14-30-60(48)76;1-65(2)49-23-11-9-21-45(49)61-53(65)29-33-57-63(61)47-35-37(27-31-55(47)67-57)59-41-17-3-5-19-43(41)60(44-20-6-4-18-42(44)59)38-28-32-56-48(36-38)64-58(68-56)34-30-54-62(64)46-22-10-14-26-52(46)66(54)50-24-12-7-15-39(50)40-16-8-13-25-51(40)66/h1-42H;3-36H,1-2H3. The molecule has 0 saturated carbocycles. The van der Waals surface area contributed by atoms with E-state index in [1.807, 2.05) is 0 Å². The van der Waals surface area contributed by atoms with Crippen molar-refractivity contribution in [3.05, 3.63) is 539 Å². The van der Waals surface area contributed by atoms with Crippen molar-refractivity contribution in [1.82, 2.24) is 0 Å². The molecule has 0 amide bonds. The minimum atomic E-state index is -0.441. The monoisotopic (exact) mass is 1850 g/mol. The van der Waals surface area contributed by atoms with Crippen LogP contribution in [0.15, 0.2) is 479 Å². The van der Waals surface area contributed by atoms with Crippen molar-refractivity contribution >= 4 is 131 Å². The molecule has 0 radical (unpaired) electrons. The topological polar surface area (TPSA) is 52.6 Å². The largest absolute Gasteiger partial charge is 0.456 e. The van der Waals surface area contributed by atoms with Gasteiger partial charge in [-0.15, -0.1) is 0 Å². The summed E-state index contributed by atoms with van der Waals surface area (Å²) in [7, 11) is 0. The Bertz CT molecular complexity index is 10300. The van der Waals surface area contributed by atoms with Gasteiger partial charge in [-0.2, -0.15) is 0 Å². The Labute approximate surface area is 839 Å². The Balaban J connectivity index is 0.000000127. The van der Waals surface area contributed by atoms with Crippen LogP contribution in [0.4, 0.5) is 0 Å². The number of hydrogen-bond acceptors (Lipinski definition) is 4. The predicted octanol–water partition coefficient (Wildman–Crippen LogP) is 37.6. The zero-order valence-electron chi connectivity index (χ0n) is 79.5. The van der Waals surface area contributed by atoms with E-state index in [0.29, 0.717) is 0 Å². The number of furan rings is 4. The zero-order chi connectivity index (χ0) is 95.2. The van der Waals surface area contributed by atoms with Crippen LogP contribution in [0.5, 0.6) is 0 Å². The van der Waals surface area contributed by atoms with Gasteiger partial charge in [0.05, 0.1) is 16.2 Å². The summed E-state index contributed by atoms with van der Waals surface area (Å²) in [6.45, 7) is 4.69. The van der Waals surface area contributed by atoms with Gasteiger partial charge in [0.2, 0.25) is 0 Å². The molecule has 0 saturated heterocycles. The van der Waals surface area contributed by atoms with Gasteiger partial charge in [-0.25, -0.2) is 0 Å². The van der Waals surface area contributed by atoms with Crippen LogP contribution in [0.1, 0.15) is 91.7 Å². The Morgan fingerprint density at radius 1 is 0.130 bits per heavy atom. The molecule has 28 aromatic rings. The van der Waals surface area contributed by atoms with Gasteiger partial charge in [0.1, 0.15) is 44.7 Å². The fraction of sp³-hybridized carbons (Fsp3) is 0.0423. The average Bonchev–Trinajstić information content (AvgIpc) is 1.50. The molecular formula is C142H82O4. The first-order chi connectivity index (χ1) is 72.2. The lowest BCUT2D eigenvalue weighted by Gasteiger charge is -2.30. The molecule has 0 aliphatic heterocycles. The maximum atomic E-state index is 6.88. The number of rotatable bonds is 4. The average molecular weight is 1850 g/mol. The molecule has 146 heavy (non-hydrogen) atoms. The van der Waals surface area contributed by atoms with E-state index in [4.69, 9.17) is 17.7 Å². The molecule has 4 heteroatoms. The van der Waals surface area contributed by atoms with Gasteiger partial charge < -0.3 is 17.7 Å². The molecule has 24 aromatic carbocycles. The van der Waals surface area contributed by atoms with Crippen molar-refractivity contribution in [2.75, 3.05) is 0 Å². The molecule has 4 aromatic heterocycles. The third kappa shape index (κ3) is 9.72.